The summed E-state index contributed by atoms with van der Waals surface area (Å²) in [5.74, 6) is 0.972. The minimum atomic E-state index is -0.0817. The fraction of sp³-hybridized carbons (Fsp3) is 0.696. The summed E-state index contributed by atoms with van der Waals surface area (Å²) in [4.78, 5) is 12.1. The van der Waals surface area contributed by atoms with Crippen LogP contribution in [0.3, 0.4) is 0 Å². The normalized spacial score (nSPS) is 19.5. The first-order valence-electron chi connectivity index (χ1n) is 10.7. The Morgan fingerprint density at radius 1 is 0.923 bits per heavy atom. The highest BCUT2D eigenvalue weighted by molar-refractivity contribution is 5.74. The average Bonchev–Trinajstić information content (AvgIpc) is 3.03. The predicted octanol–water partition coefficient (Wildman–Crippen LogP) is 6.61. The predicted molar refractivity (Wildman–Crippen MR) is 106 cm³/mol. The molecule has 3 heteroatoms. The second kappa shape index (κ2) is 12.0. The summed E-state index contributed by atoms with van der Waals surface area (Å²) in [7, 11) is 0. The van der Waals surface area contributed by atoms with Crippen molar-refractivity contribution >= 4 is 5.97 Å². The number of rotatable bonds is 13. The number of hydrogen-bond acceptors (Lipinski definition) is 3. The van der Waals surface area contributed by atoms with Gasteiger partial charge in [0.25, 0.3) is 0 Å². The number of unbranched alkanes of at least 4 members (excludes halogenated alkanes) is 7. The molecule has 1 heterocycles. The van der Waals surface area contributed by atoms with Crippen molar-refractivity contribution < 1.29 is 14.3 Å². The van der Waals surface area contributed by atoms with Crippen LogP contribution in [0.15, 0.2) is 24.3 Å². The molecule has 0 spiro atoms. The van der Waals surface area contributed by atoms with Crippen molar-refractivity contribution in [3.8, 4) is 5.75 Å². The van der Waals surface area contributed by atoms with Gasteiger partial charge in [-0.25, -0.2) is 0 Å². The summed E-state index contributed by atoms with van der Waals surface area (Å²) in [6.45, 7) is 5.21. The Bertz CT molecular complexity index is 509. The summed E-state index contributed by atoms with van der Waals surface area (Å²) in [6, 6.07) is 8.09. The van der Waals surface area contributed by atoms with E-state index in [0.717, 1.165) is 43.6 Å². The van der Waals surface area contributed by atoms with Crippen LogP contribution < -0.4 is 4.74 Å². The summed E-state index contributed by atoms with van der Waals surface area (Å²) in [5, 5.41) is 0. The molecule has 0 N–H and O–H groups in total. The van der Waals surface area contributed by atoms with Crippen LogP contribution in [0.5, 0.6) is 5.75 Å². The van der Waals surface area contributed by atoms with Gasteiger partial charge in [0.15, 0.2) is 0 Å². The molecule has 2 unspecified atom stereocenters. The molecular formula is C23H36O3. The second-order valence-corrected chi connectivity index (χ2v) is 7.54. The molecule has 1 saturated heterocycles. The molecule has 0 aromatic heterocycles. The number of carbonyl (C=O) groups is 1. The van der Waals surface area contributed by atoms with Crippen molar-refractivity contribution in [2.45, 2.75) is 90.6 Å². The first-order valence-corrected chi connectivity index (χ1v) is 10.7. The van der Waals surface area contributed by atoms with Gasteiger partial charge in [0.2, 0.25) is 0 Å². The molecule has 0 bridgehead atoms. The third-order valence-corrected chi connectivity index (χ3v) is 5.26. The first-order chi connectivity index (χ1) is 12.7. The standard InChI is InChI=1S/C23H36O3/c1-3-5-7-9-10-12-20-18-22(26-23(20)24)19-13-15-21(16-14-19)25-17-11-8-6-4-2/h13-16,20,22H,3-12,17-18H2,1-2H3. The highest BCUT2D eigenvalue weighted by atomic mass is 16.6. The Balaban J connectivity index is 1.72. The van der Waals surface area contributed by atoms with Gasteiger partial charge in [0, 0.05) is 6.42 Å². The van der Waals surface area contributed by atoms with Gasteiger partial charge in [-0.15, -0.1) is 0 Å². The molecule has 1 aliphatic heterocycles. The van der Waals surface area contributed by atoms with Crippen LogP contribution in [0.4, 0.5) is 0 Å². The van der Waals surface area contributed by atoms with Gasteiger partial charge in [0.1, 0.15) is 11.9 Å². The molecule has 0 saturated carbocycles. The van der Waals surface area contributed by atoms with Crippen LogP contribution in [0.1, 0.15) is 96.1 Å². The number of cyclic esters (lactones) is 1. The Labute approximate surface area is 159 Å². The zero-order valence-corrected chi connectivity index (χ0v) is 16.7. The molecule has 26 heavy (non-hydrogen) atoms. The first kappa shape index (κ1) is 20.8. The van der Waals surface area contributed by atoms with Crippen LogP contribution in [-0.4, -0.2) is 12.6 Å². The largest absolute Gasteiger partial charge is 0.494 e. The number of esters is 1. The van der Waals surface area contributed by atoms with Gasteiger partial charge in [-0.3, -0.25) is 4.79 Å². The summed E-state index contributed by atoms with van der Waals surface area (Å²) in [6.07, 6.45) is 12.8. The molecule has 0 aliphatic carbocycles. The van der Waals surface area contributed by atoms with Gasteiger partial charge in [0.05, 0.1) is 12.5 Å². The summed E-state index contributed by atoms with van der Waals surface area (Å²) in [5.41, 5.74) is 1.09. The van der Waals surface area contributed by atoms with E-state index in [2.05, 4.69) is 13.8 Å². The molecule has 3 nitrogen and oxygen atoms in total. The zero-order chi connectivity index (χ0) is 18.6. The molecule has 1 aromatic rings. The molecular weight excluding hydrogens is 324 g/mol. The van der Waals surface area contributed by atoms with Gasteiger partial charge in [-0.2, -0.15) is 0 Å². The Kier molecular flexibility index (Phi) is 9.58. The highest BCUT2D eigenvalue weighted by Gasteiger charge is 2.34. The highest BCUT2D eigenvalue weighted by Crippen LogP contribution is 2.36. The van der Waals surface area contributed by atoms with E-state index >= 15 is 0 Å². The monoisotopic (exact) mass is 360 g/mol. The summed E-state index contributed by atoms with van der Waals surface area (Å²) >= 11 is 0. The molecule has 0 amide bonds. The Morgan fingerprint density at radius 2 is 1.58 bits per heavy atom. The second-order valence-electron chi connectivity index (χ2n) is 7.54. The third kappa shape index (κ3) is 7.01. The van der Waals surface area contributed by atoms with Crippen molar-refractivity contribution in [3.63, 3.8) is 0 Å². The van der Waals surface area contributed by atoms with Crippen LogP contribution >= 0.6 is 0 Å². The average molecular weight is 361 g/mol. The topological polar surface area (TPSA) is 35.5 Å². The van der Waals surface area contributed by atoms with E-state index in [1.807, 2.05) is 24.3 Å². The molecule has 2 atom stereocenters. The smallest absolute Gasteiger partial charge is 0.309 e. The van der Waals surface area contributed by atoms with Crippen LogP contribution in [0.2, 0.25) is 0 Å². The fourth-order valence-corrected chi connectivity index (χ4v) is 3.57. The van der Waals surface area contributed by atoms with Gasteiger partial charge < -0.3 is 9.47 Å². The summed E-state index contributed by atoms with van der Waals surface area (Å²) < 4.78 is 11.4. The van der Waals surface area contributed by atoms with Crippen molar-refractivity contribution in [2.75, 3.05) is 6.61 Å². The number of hydrogen-bond donors (Lipinski definition) is 0. The van der Waals surface area contributed by atoms with E-state index in [1.165, 1.54) is 44.9 Å². The van der Waals surface area contributed by atoms with Gasteiger partial charge in [-0.05, 0) is 30.5 Å². The van der Waals surface area contributed by atoms with Crippen LogP contribution in [0.25, 0.3) is 0 Å². The molecule has 146 valence electrons. The van der Waals surface area contributed by atoms with E-state index in [1.54, 1.807) is 0 Å². The van der Waals surface area contributed by atoms with Crippen molar-refractivity contribution in [2.24, 2.45) is 5.92 Å². The van der Waals surface area contributed by atoms with E-state index in [0.29, 0.717) is 0 Å². The van der Waals surface area contributed by atoms with E-state index < -0.39 is 0 Å². The molecule has 1 aliphatic rings. The van der Waals surface area contributed by atoms with Gasteiger partial charge >= 0.3 is 5.97 Å². The number of ether oxygens (including phenoxy) is 2. The molecule has 1 aromatic carbocycles. The molecule has 0 radical (unpaired) electrons. The number of carbonyl (C=O) groups excluding carboxylic acids is 1. The van der Waals surface area contributed by atoms with E-state index in [9.17, 15) is 4.79 Å². The lowest BCUT2D eigenvalue weighted by Gasteiger charge is -2.11. The van der Waals surface area contributed by atoms with Gasteiger partial charge in [-0.1, -0.05) is 77.3 Å². The van der Waals surface area contributed by atoms with E-state index in [4.69, 9.17) is 9.47 Å². The minimum Gasteiger partial charge on any atom is -0.494 e. The molecule has 2 rings (SSSR count). The lowest BCUT2D eigenvalue weighted by molar-refractivity contribution is -0.144. The maximum absolute atomic E-state index is 12.1. The lowest BCUT2D eigenvalue weighted by Crippen LogP contribution is -2.06. The maximum atomic E-state index is 12.1. The Morgan fingerprint density at radius 3 is 2.27 bits per heavy atom. The Hall–Kier alpha value is -1.51. The molecule has 1 fully saturated rings. The fourth-order valence-electron chi connectivity index (χ4n) is 3.57. The zero-order valence-electron chi connectivity index (χ0n) is 16.7. The number of benzene rings is 1. The third-order valence-electron chi connectivity index (χ3n) is 5.26. The maximum Gasteiger partial charge on any atom is 0.309 e. The van der Waals surface area contributed by atoms with Crippen molar-refractivity contribution in [1.82, 2.24) is 0 Å². The van der Waals surface area contributed by atoms with Crippen LogP contribution in [0, 0.1) is 5.92 Å². The van der Waals surface area contributed by atoms with Crippen molar-refractivity contribution in [3.05, 3.63) is 29.8 Å². The van der Waals surface area contributed by atoms with Crippen LogP contribution in [-0.2, 0) is 9.53 Å². The van der Waals surface area contributed by atoms with Crippen molar-refractivity contribution in [1.29, 1.82) is 0 Å². The minimum absolute atomic E-state index is 0.0123. The quantitative estimate of drug-likeness (QED) is 0.293. The SMILES string of the molecule is CCCCCCCC1CC(c2ccc(OCCCCCC)cc2)OC1=O. The van der Waals surface area contributed by atoms with E-state index in [-0.39, 0.29) is 18.0 Å². The lowest BCUT2D eigenvalue weighted by atomic mass is 9.95.